The first-order valence-corrected chi connectivity index (χ1v) is 12.4. The molecule has 6 nitrogen and oxygen atoms in total. The predicted octanol–water partition coefficient (Wildman–Crippen LogP) is 7.80. The van der Waals surface area contributed by atoms with Crippen molar-refractivity contribution in [2.24, 2.45) is 5.41 Å². The van der Waals surface area contributed by atoms with Crippen molar-refractivity contribution in [3.8, 4) is 11.5 Å². The van der Waals surface area contributed by atoms with E-state index in [1.807, 2.05) is 24.3 Å². The zero-order valence-electron chi connectivity index (χ0n) is 20.3. The number of carbonyl (C=O) groups is 2. The smallest absolute Gasteiger partial charge is 0.341 e. The second-order valence-corrected chi connectivity index (χ2v) is 10.4. The second kappa shape index (κ2) is 15.8. The van der Waals surface area contributed by atoms with Crippen LogP contribution in [-0.2, 0) is 16.0 Å². The zero-order valence-corrected chi connectivity index (χ0v) is 22.6. The summed E-state index contributed by atoms with van der Waals surface area (Å²) in [5.41, 5.74) is 1.69. The normalized spacial score (nSPS) is 10.8. The number of unbranched alkanes of at least 4 members (excludes halogenated alkanes) is 1. The van der Waals surface area contributed by atoms with Crippen LogP contribution in [0.4, 0.5) is 0 Å². The molecule has 35 heavy (non-hydrogen) atoms. The molecule has 0 aliphatic rings. The number of benzene rings is 2. The van der Waals surface area contributed by atoms with Crippen molar-refractivity contribution in [3.05, 3.63) is 57.0 Å². The van der Waals surface area contributed by atoms with E-state index >= 15 is 0 Å². The Labute approximate surface area is 222 Å². The molecule has 0 unspecified atom stereocenters. The molecule has 0 saturated heterocycles. The average molecular weight is 548 g/mol. The first-order valence-electron chi connectivity index (χ1n) is 11.3. The van der Waals surface area contributed by atoms with Crippen molar-refractivity contribution in [2.45, 2.75) is 59.3 Å². The minimum absolute atomic E-state index is 0.0545. The summed E-state index contributed by atoms with van der Waals surface area (Å²) >= 11 is 17.4. The quantitative estimate of drug-likeness (QED) is 0.208. The minimum atomic E-state index is -0.953. The lowest BCUT2D eigenvalue weighted by Gasteiger charge is -2.17. The molecule has 0 atom stereocenters. The number of carboxylic acids is 2. The molecule has 194 valence electrons. The van der Waals surface area contributed by atoms with E-state index < -0.39 is 11.9 Å². The van der Waals surface area contributed by atoms with Gasteiger partial charge in [-0.15, -0.1) is 0 Å². The molecule has 0 aliphatic carbocycles. The van der Waals surface area contributed by atoms with Gasteiger partial charge in [-0.05, 0) is 54.9 Å². The van der Waals surface area contributed by atoms with Crippen LogP contribution in [0.1, 0.15) is 58.4 Å². The van der Waals surface area contributed by atoms with Crippen LogP contribution in [0.2, 0.25) is 15.1 Å². The summed E-state index contributed by atoms with van der Waals surface area (Å²) < 4.78 is 10.4. The summed E-state index contributed by atoms with van der Waals surface area (Å²) in [6, 6.07) is 10.7. The molecule has 0 aliphatic heterocycles. The van der Waals surface area contributed by atoms with Gasteiger partial charge in [0.2, 0.25) is 0 Å². The Morgan fingerprint density at radius 1 is 0.829 bits per heavy atom. The lowest BCUT2D eigenvalue weighted by molar-refractivity contribution is -0.139. The number of hydrogen-bond donors (Lipinski definition) is 2. The van der Waals surface area contributed by atoms with E-state index in [0.29, 0.717) is 38.4 Å². The largest absolute Gasteiger partial charge is 0.492 e. The first-order chi connectivity index (χ1) is 16.4. The summed E-state index contributed by atoms with van der Waals surface area (Å²) in [4.78, 5) is 20.6. The molecular weight excluding hydrogens is 515 g/mol. The number of hydrogen-bond acceptors (Lipinski definition) is 4. The van der Waals surface area contributed by atoms with Crippen molar-refractivity contribution in [3.63, 3.8) is 0 Å². The maximum atomic E-state index is 10.4. The van der Waals surface area contributed by atoms with Crippen LogP contribution < -0.4 is 9.47 Å². The van der Waals surface area contributed by atoms with Crippen molar-refractivity contribution in [1.29, 1.82) is 0 Å². The Bertz CT molecular complexity index is 939. The third-order valence-electron chi connectivity index (χ3n) is 4.70. The Balaban J connectivity index is 0.000000355. The number of carboxylic acid groups (broad SMARTS) is 2. The fraction of sp³-hybridized carbons (Fsp3) is 0.462. The van der Waals surface area contributed by atoms with Gasteiger partial charge in [0.05, 0.1) is 21.7 Å². The van der Waals surface area contributed by atoms with E-state index in [9.17, 15) is 9.59 Å². The molecule has 0 saturated carbocycles. The maximum Gasteiger partial charge on any atom is 0.341 e. The van der Waals surface area contributed by atoms with Crippen LogP contribution in [-0.4, -0.2) is 35.4 Å². The van der Waals surface area contributed by atoms with Gasteiger partial charge < -0.3 is 19.7 Å². The van der Waals surface area contributed by atoms with Gasteiger partial charge in [-0.3, -0.25) is 4.79 Å². The topological polar surface area (TPSA) is 93.1 Å². The summed E-state index contributed by atoms with van der Waals surface area (Å²) in [5.74, 6) is -0.794. The molecule has 0 radical (unpaired) electrons. The molecular formula is C26H33Cl3O6. The van der Waals surface area contributed by atoms with Gasteiger partial charge in [0.15, 0.2) is 6.61 Å². The van der Waals surface area contributed by atoms with E-state index in [-0.39, 0.29) is 19.6 Å². The first kappa shape index (κ1) is 30.9. The van der Waals surface area contributed by atoms with Crippen molar-refractivity contribution in [1.82, 2.24) is 0 Å². The highest BCUT2D eigenvalue weighted by Gasteiger charge is 2.09. The molecule has 2 rings (SSSR count). The third kappa shape index (κ3) is 14.8. The van der Waals surface area contributed by atoms with Crippen LogP contribution in [0, 0.1) is 5.41 Å². The predicted molar refractivity (Wildman–Crippen MR) is 140 cm³/mol. The van der Waals surface area contributed by atoms with Gasteiger partial charge in [0.1, 0.15) is 11.5 Å². The number of aryl methyl sites for hydroxylation is 1. The molecule has 2 aromatic carbocycles. The molecule has 0 heterocycles. The standard InChI is InChI=1S/C16H24O3.C10H9Cl3O3/c1-16(2,3)11-5-4-6-13-7-9-14(10-8-13)19-12-15(17)18;11-6-4-8(13)9(5-7(6)12)16-3-1-2-10(14)15/h7-10H,4-6,11-12H2,1-3H3,(H,17,18);4-5H,1-3H2,(H,14,15). The fourth-order valence-electron chi connectivity index (χ4n) is 2.90. The summed E-state index contributed by atoms with van der Waals surface area (Å²) in [5, 5.41) is 18.0. The second-order valence-electron chi connectivity index (χ2n) is 9.14. The average Bonchev–Trinajstić information content (AvgIpc) is 2.76. The Hall–Kier alpha value is -2.15. The van der Waals surface area contributed by atoms with Crippen LogP contribution in [0.3, 0.4) is 0 Å². The van der Waals surface area contributed by atoms with E-state index in [1.165, 1.54) is 37.0 Å². The molecule has 0 bridgehead atoms. The third-order valence-corrected chi connectivity index (χ3v) is 5.71. The number of rotatable bonds is 12. The van der Waals surface area contributed by atoms with Crippen LogP contribution in [0.25, 0.3) is 0 Å². The van der Waals surface area contributed by atoms with Crippen molar-refractivity contribution < 1.29 is 29.3 Å². The van der Waals surface area contributed by atoms with Crippen LogP contribution in [0.15, 0.2) is 36.4 Å². The molecule has 0 aromatic heterocycles. The van der Waals surface area contributed by atoms with Crippen molar-refractivity contribution >= 4 is 46.7 Å². The number of aliphatic carboxylic acids is 2. The number of ether oxygens (including phenoxy) is 2. The fourth-order valence-corrected chi connectivity index (χ4v) is 3.49. The van der Waals surface area contributed by atoms with Crippen molar-refractivity contribution in [2.75, 3.05) is 13.2 Å². The zero-order chi connectivity index (χ0) is 26.4. The maximum absolute atomic E-state index is 10.4. The highest BCUT2D eigenvalue weighted by molar-refractivity contribution is 6.43. The SMILES string of the molecule is CC(C)(C)CCCCc1ccc(OCC(=O)O)cc1.O=C(O)CCCOc1cc(Cl)c(Cl)cc1Cl. The highest BCUT2D eigenvalue weighted by Crippen LogP contribution is 2.33. The molecule has 2 aromatic rings. The van der Waals surface area contributed by atoms with Crippen LogP contribution >= 0.6 is 34.8 Å². The lowest BCUT2D eigenvalue weighted by atomic mass is 9.89. The van der Waals surface area contributed by atoms with Gasteiger partial charge in [0.25, 0.3) is 0 Å². The Kier molecular flexibility index (Phi) is 13.9. The summed E-state index contributed by atoms with van der Waals surface area (Å²) in [6.45, 7) is 6.78. The van der Waals surface area contributed by atoms with E-state index in [2.05, 4.69) is 20.8 Å². The Morgan fingerprint density at radius 3 is 2.03 bits per heavy atom. The van der Waals surface area contributed by atoms with Gasteiger partial charge in [-0.2, -0.15) is 0 Å². The van der Waals surface area contributed by atoms with Gasteiger partial charge >= 0.3 is 11.9 Å². The van der Waals surface area contributed by atoms with E-state index in [0.717, 1.165) is 6.42 Å². The van der Waals surface area contributed by atoms with E-state index in [4.69, 9.17) is 54.5 Å². The molecule has 0 spiro atoms. The summed E-state index contributed by atoms with van der Waals surface area (Å²) in [6.07, 6.45) is 5.19. The van der Waals surface area contributed by atoms with E-state index in [1.54, 1.807) is 0 Å². The lowest BCUT2D eigenvalue weighted by Crippen LogP contribution is -2.09. The molecule has 9 heteroatoms. The molecule has 2 N–H and O–H groups in total. The number of halogens is 3. The Morgan fingerprint density at radius 2 is 1.46 bits per heavy atom. The molecule has 0 amide bonds. The van der Waals surface area contributed by atoms with Gasteiger partial charge in [-0.25, -0.2) is 4.79 Å². The van der Waals surface area contributed by atoms with Gasteiger partial charge in [-0.1, -0.05) is 74.1 Å². The highest BCUT2D eigenvalue weighted by atomic mass is 35.5. The molecule has 0 fully saturated rings. The minimum Gasteiger partial charge on any atom is -0.492 e. The summed E-state index contributed by atoms with van der Waals surface area (Å²) in [7, 11) is 0. The van der Waals surface area contributed by atoms with Crippen LogP contribution in [0.5, 0.6) is 11.5 Å². The monoisotopic (exact) mass is 546 g/mol. The van der Waals surface area contributed by atoms with Gasteiger partial charge in [0, 0.05) is 12.5 Å².